The van der Waals surface area contributed by atoms with Gasteiger partial charge in [0.2, 0.25) is 0 Å². The lowest BCUT2D eigenvalue weighted by Crippen LogP contribution is -2.16. The molecule has 0 bridgehead atoms. The van der Waals surface area contributed by atoms with Crippen LogP contribution in [0.1, 0.15) is 15.9 Å². The molecule has 0 saturated carbocycles. The van der Waals surface area contributed by atoms with Gasteiger partial charge in [-0.15, -0.1) is 0 Å². The average Bonchev–Trinajstić information content (AvgIpc) is 2.49. The molecule has 0 aliphatic heterocycles. The number of halogens is 4. The van der Waals surface area contributed by atoms with Crippen LogP contribution >= 0.6 is 0 Å². The minimum Gasteiger partial charge on any atom is -0.326 e. The van der Waals surface area contributed by atoms with Crippen LogP contribution < -0.4 is 11.1 Å². The standard InChI is InChI=1S/C14H10F4N2O/c15-9-5-10(16)12(18)13(11(9)17)20-14(21)8-3-1-2-7(4-8)6-19/h1-5H,6,19H2,(H,20,21). The second-order valence-corrected chi connectivity index (χ2v) is 4.20. The van der Waals surface area contributed by atoms with E-state index in [4.69, 9.17) is 5.73 Å². The molecule has 0 fully saturated rings. The minimum atomic E-state index is -1.67. The van der Waals surface area contributed by atoms with Gasteiger partial charge in [0, 0.05) is 18.2 Å². The smallest absolute Gasteiger partial charge is 0.255 e. The van der Waals surface area contributed by atoms with Crippen LogP contribution in [0.15, 0.2) is 30.3 Å². The highest BCUT2D eigenvalue weighted by Crippen LogP contribution is 2.24. The number of hydrogen-bond donors (Lipinski definition) is 2. The molecule has 0 saturated heterocycles. The van der Waals surface area contributed by atoms with E-state index in [0.717, 1.165) is 0 Å². The maximum Gasteiger partial charge on any atom is 0.255 e. The van der Waals surface area contributed by atoms with Crippen molar-refractivity contribution in [3.63, 3.8) is 0 Å². The van der Waals surface area contributed by atoms with E-state index in [1.807, 2.05) is 5.32 Å². The van der Waals surface area contributed by atoms with E-state index in [2.05, 4.69) is 0 Å². The largest absolute Gasteiger partial charge is 0.326 e. The van der Waals surface area contributed by atoms with Gasteiger partial charge in [-0.25, -0.2) is 17.6 Å². The fourth-order valence-corrected chi connectivity index (χ4v) is 1.71. The summed E-state index contributed by atoms with van der Waals surface area (Å²) >= 11 is 0. The topological polar surface area (TPSA) is 55.1 Å². The summed E-state index contributed by atoms with van der Waals surface area (Å²) < 4.78 is 53.0. The van der Waals surface area contributed by atoms with Gasteiger partial charge in [-0.1, -0.05) is 12.1 Å². The second-order valence-electron chi connectivity index (χ2n) is 4.20. The summed E-state index contributed by atoms with van der Waals surface area (Å²) in [5.74, 6) is -7.44. The van der Waals surface area contributed by atoms with Crippen LogP contribution in [0, 0.1) is 23.3 Å². The van der Waals surface area contributed by atoms with Gasteiger partial charge in [0.25, 0.3) is 5.91 Å². The Balaban J connectivity index is 2.36. The average molecular weight is 298 g/mol. The molecule has 3 nitrogen and oxygen atoms in total. The first-order valence-corrected chi connectivity index (χ1v) is 5.87. The summed E-state index contributed by atoms with van der Waals surface area (Å²) in [6.45, 7) is 0.165. The van der Waals surface area contributed by atoms with Crippen LogP contribution in [0.5, 0.6) is 0 Å². The lowest BCUT2D eigenvalue weighted by atomic mass is 10.1. The molecule has 21 heavy (non-hydrogen) atoms. The summed E-state index contributed by atoms with van der Waals surface area (Å²) in [5.41, 5.74) is 4.91. The van der Waals surface area contributed by atoms with E-state index in [-0.39, 0.29) is 18.2 Å². The van der Waals surface area contributed by atoms with Crippen LogP contribution in [0.3, 0.4) is 0 Å². The molecule has 2 aromatic rings. The minimum absolute atomic E-state index is 0.0569. The number of carbonyl (C=O) groups is 1. The molecule has 7 heteroatoms. The van der Waals surface area contributed by atoms with Crippen molar-refractivity contribution in [3.8, 4) is 0 Å². The number of rotatable bonds is 3. The van der Waals surface area contributed by atoms with E-state index in [9.17, 15) is 22.4 Å². The maximum absolute atomic E-state index is 13.4. The van der Waals surface area contributed by atoms with Crippen molar-refractivity contribution < 1.29 is 22.4 Å². The van der Waals surface area contributed by atoms with Crippen molar-refractivity contribution in [2.24, 2.45) is 5.73 Å². The number of carbonyl (C=O) groups excluding carboxylic acids is 1. The molecule has 0 heterocycles. The first-order chi connectivity index (χ1) is 9.93. The zero-order chi connectivity index (χ0) is 15.6. The van der Waals surface area contributed by atoms with Crippen LogP contribution in [0.25, 0.3) is 0 Å². The molecule has 0 aromatic heterocycles. The molecule has 1 amide bonds. The SMILES string of the molecule is NCc1cccc(C(=O)Nc2c(F)c(F)cc(F)c2F)c1. The number of hydrogen-bond acceptors (Lipinski definition) is 2. The van der Waals surface area contributed by atoms with Gasteiger partial charge in [-0.3, -0.25) is 4.79 Å². The lowest BCUT2D eigenvalue weighted by molar-refractivity contribution is 0.102. The van der Waals surface area contributed by atoms with Gasteiger partial charge >= 0.3 is 0 Å². The Morgan fingerprint density at radius 3 is 2.24 bits per heavy atom. The molecule has 3 N–H and O–H groups in total. The Labute approximate surface area is 117 Å². The van der Waals surface area contributed by atoms with E-state index in [0.29, 0.717) is 5.56 Å². The van der Waals surface area contributed by atoms with Gasteiger partial charge in [-0.05, 0) is 17.7 Å². The molecular weight excluding hydrogens is 288 g/mol. The number of amides is 1. The van der Waals surface area contributed by atoms with Crippen LogP contribution in [0.2, 0.25) is 0 Å². The molecular formula is C14H10F4N2O. The van der Waals surface area contributed by atoms with Crippen LogP contribution in [0.4, 0.5) is 23.2 Å². The Hall–Kier alpha value is -2.41. The van der Waals surface area contributed by atoms with Gasteiger partial charge in [0.05, 0.1) is 0 Å². The second kappa shape index (κ2) is 5.92. The zero-order valence-electron chi connectivity index (χ0n) is 10.6. The third kappa shape index (κ3) is 3.03. The predicted molar refractivity (Wildman–Crippen MR) is 68.6 cm³/mol. The quantitative estimate of drug-likeness (QED) is 0.676. The van der Waals surface area contributed by atoms with E-state index < -0.39 is 34.9 Å². The molecule has 0 radical (unpaired) electrons. The van der Waals surface area contributed by atoms with Crippen molar-refractivity contribution in [2.45, 2.75) is 6.54 Å². The molecule has 0 unspecified atom stereocenters. The fraction of sp³-hybridized carbons (Fsp3) is 0.0714. The van der Waals surface area contributed by atoms with Gasteiger partial charge in [-0.2, -0.15) is 0 Å². The zero-order valence-corrected chi connectivity index (χ0v) is 10.6. The van der Waals surface area contributed by atoms with Crippen LogP contribution in [-0.4, -0.2) is 5.91 Å². The highest BCUT2D eigenvalue weighted by molar-refractivity contribution is 6.04. The first-order valence-electron chi connectivity index (χ1n) is 5.87. The van der Waals surface area contributed by atoms with Crippen molar-refractivity contribution in [1.82, 2.24) is 0 Å². The molecule has 0 aliphatic rings. The van der Waals surface area contributed by atoms with E-state index >= 15 is 0 Å². The van der Waals surface area contributed by atoms with Gasteiger partial charge < -0.3 is 11.1 Å². The molecule has 0 atom stereocenters. The fourth-order valence-electron chi connectivity index (χ4n) is 1.71. The summed E-state index contributed by atoms with van der Waals surface area (Å²) in [6, 6.07) is 6.02. The van der Waals surface area contributed by atoms with Gasteiger partial charge in [0.15, 0.2) is 23.3 Å². The Morgan fingerprint density at radius 1 is 1.05 bits per heavy atom. The third-order valence-corrected chi connectivity index (χ3v) is 2.78. The number of benzene rings is 2. The Morgan fingerprint density at radius 2 is 1.67 bits per heavy atom. The monoisotopic (exact) mass is 298 g/mol. The number of nitrogens with one attached hydrogen (secondary N) is 1. The molecule has 0 spiro atoms. The lowest BCUT2D eigenvalue weighted by Gasteiger charge is -2.09. The molecule has 0 aliphatic carbocycles. The Kier molecular flexibility index (Phi) is 4.23. The van der Waals surface area contributed by atoms with Crippen molar-refractivity contribution in [3.05, 3.63) is 64.7 Å². The third-order valence-electron chi connectivity index (χ3n) is 2.78. The van der Waals surface area contributed by atoms with Gasteiger partial charge in [0.1, 0.15) is 5.69 Å². The summed E-state index contributed by atoms with van der Waals surface area (Å²) in [6.07, 6.45) is 0. The number of nitrogens with two attached hydrogens (primary N) is 1. The normalized spacial score (nSPS) is 10.5. The van der Waals surface area contributed by atoms with Crippen molar-refractivity contribution in [2.75, 3.05) is 5.32 Å². The van der Waals surface area contributed by atoms with Crippen molar-refractivity contribution in [1.29, 1.82) is 0 Å². The summed E-state index contributed by atoms with van der Waals surface area (Å²) in [5, 5.41) is 1.82. The molecule has 2 aromatic carbocycles. The van der Waals surface area contributed by atoms with Crippen molar-refractivity contribution >= 4 is 11.6 Å². The highest BCUT2D eigenvalue weighted by atomic mass is 19.2. The first kappa shape index (κ1) is 15.0. The van der Waals surface area contributed by atoms with Crippen LogP contribution in [-0.2, 0) is 6.54 Å². The molecule has 110 valence electrons. The van der Waals surface area contributed by atoms with E-state index in [1.165, 1.54) is 18.2 Å². The summed E-state index contributed by atoms with van der Waals surface area (Å²) in [7, 11) is 0. The molecule has 2 rings (SSSR count). The predicted octanol–water partition coefficient (Wildman–Crippen LogP) is 2.95. The Bertz CT molecular complexity index is 677. The number of anilines is 1. The highest BCUT2D eigenvalue weighted by Gasteiger charge is 2.21. The maximum atomic E-state index is 13.4. The summed E-state index contributed by atoms with van der Waals surface area (Å²) in [4.78, 5) is 11.9. The van der Waals surface area contributed by atoms with E-state index in [1.54, 1.807) is 6.07 Å².